The van der Waals surface area contributed by atoms with Gasteiger partial charge in [-0.25, -0.2) is 4.79 Å². The van der Waals surface area contributed by atoms with Crippen molar-refractivity contribution in [1.82, 2.24) is 15.1 Å². The van der Waals surface area contributed by atoms with Crippen LogP contribution in [0.25, 0.3) is 0 Å². The maximum absolute atomic E-state index is 12.0. The van der Waals surface area contributed by atoms with Crippen LogP contribution in [-0.4, -0.2) is 77.2 Å². The van der Waals surface area contributed by atoms with E-state index in [1.54, 1.807) is 0 Å². The number of nitrogens with one attached hydrogen (secondary N) is 1. The van der Waals surface area contributed by atoms with Crippen LogP contribution < -0.4 is 5.32 Å². The molecule has 19 heavy (non-hydrogen) atoms. The van der Waals surface area contributed by atoms with E-state index >= 15 is 0 Å². The van der Waals surface area contributed by atoms with Crippen LogP contribution in [0.1, 0.15) is 12.8 Å². The second kappa shape index (κ2) is 7.00. The first-order valence-corrected chi connectivity index (χ1v) is 7.88. The van der Waals surface area contributed by atoms with Crippen molar-refractivity contribution in [3.63, 3.8) is 0 Å². The zero-order valence-corrected chi connectivity index (χ0v) is 11.8. The van der Waals surface area contributed by atoms with Crippen LogP contribution in [0, 0.1) is 0 Å². The highest BCUT2D eigenvalue weighted by molar-refractivity contribution is 7.99. The topological polar surface area (TPSA) is 72.9 Å². The molecule has 0 saturated carbocycles. The van der Waals surface area contributed by atoms with E-state index in [2.05, 4.69) is 10.2 Å². The van der Waals surface area contributed by atoms with Crippen molar-refractivity contribution >= 4 is 23.8 Å². The molecule has 2 fully saturated rings. The third kappa shape index (κ3) is 4.58. The van der Waals surface area contributed by atoms with Crippen LogP contribution in [0.4, 0.5) is 4.79 Å². The number of urea groups is 1. The molecular formula is C12H21N3O3S. The lowest BCUT2D eigenvalue weighted by Gasteiger charge is -2.35. The molecule has 0 aromatic rings. The van der Waals surface area contributed by atoms with Crippen LogP contribution in [0.3, 0.4) is 0 Å². The minimum absolute atomic E-state index is 0.0328. The minimum atomic E-state index is -0.765. The zero-order chi connectivity index (χ0) is 13.7. The third-order valence-electron chi connectivity index (χ3n) is 3.56. The average Bonchev–Trinajstić information content (AvgIpc) is 2.89. The fraction of sp³-hybridized carbons (Fsp3) is 0.833. The van der Waals surface area contributed by atoms with Gasteiger partial charge in [-0.15, -0.1) is 0 Å². The summed E-state index contributed by atoms with van der Waals surface area (Å²) in [6.45, 7) is 3.47. The van der Waals surface area contributed by atoms with Gasteiger partial charge in [0.25, 0.3) is 0 Å². The number of thioether (sulfide) groups is 1. The van der Waals surface area contributed by atoms with Crippen LogP contribution in [0.5, 0.6) is 0 Å². The maximum atomic E-state index is 12.0. The molecule has 2 saturated heterocycles. The molecule has 6 nitrogen and oxygen atoms in total. The Balaban J connectivity index is 1.67. The number of carboxylic acids is 1. The maximum Gasteiger partial charge on any atom is 0.317 e. The predicted octanol–water partition coefficient (Wildman–Crippen LogP) is 0.294. The van der Waals surface area contributed by atoms with Gasteiger partial charge in [-0.1, -0.05) is 0 Å². The van der Waals surface area contributed by atoms with Crippen LogP contribution in [-0.2, 0) is 4.79 Å². The van der Waals surface area contributed by atoms with Crippen molar-refractivity contribution < 1.29 is 14.7 Å². The van der Waals surface area contributed by atoms with E-state index in [9.17, 15) is 9.59 Å². The molecule has 2 N–H and O–H groups in total. The normalized spacial score (nSPS) is 24.4. The molecule has 0 aliphatic carbocycles. The summed E-state index contributed by atoms with van der Waals surface area (Å²) in [6, 6.07) is 0.355. The van der Waals surface area contributed by atoms with E-state index in [0.717, 1.165) is 31.0 Å². The third-order valence-corrected chi connectivity index (χ3v) is 4.72. The molecule has 0 radical (unpaired) electrons. The van der Waals surface area contributed by atoms with Crippen molar-refractivity contribution in [1.29, 1.82) is 0 Å². The van der Waals surface area contributed by atoms with Gasteiger partial charge in [0.15, 0.2) is 0 Å². The summed E-state index contributed by atoms with van der Waals surface area (Å²) in [5, 5.41) is 11.7. The highest BCUT2D eigenvalue weighted by Crippen LogP contribution is 2.17. The molecule has 2 aliphatic heterocycles. The van der Waals surface area contributed by atoms with E-state index in [0.29, 0.717) is 25.7 Å². The molecule has 2 rings (SSSR count). The van der Waals surface area contributed by atoms with E-state index < -0.39 is 5.97 Å². The van der Waals surface area contributed by atoms with Crippen LogP contribution >= 0.6 is 11.8 Å². The minimum Gasteiger partial charge on any atom is -0.481 e. The first-order chi connectivity index (χ1) is 9.15. The summed E-state index contributed by atoms with van der Waals surface area (Å²) in [5.41, 5.74) is 0. The second-order valence-electron chi connectivity index (χ2n) is 4.98. The highest BCUT2D eigenvalue weighted by Gasteiger charge is 2.24. The first-order valence-electron chi connectivity index (χ1n) is 6.72. The van der Waals surface area contributed by atoms with Gasteiger partial charge in [0.2, 0.25) is 0 Å². The molecule has 2 amide bonds. The molecule has 0 aromatic heterocycles. The number of amides is 2. The Morgan fingerprint density at radius 2 is 2.00 bits per heavy atom. The van der Waals surface area contributed by atoms with Gasteiger partial charge >= 0.3 is 12.0 Å². The van der Waals surface area contributed by atoms with Crippen molar-refractivity contribution in [2.45, 2.75) is 18.9 Å². The van der Waals surface area contributed by atoms with Gasteiger partial charge in [-0.3, -0.25) is 9.69 Å². The molecule has 2 aliphatic rings. The lowest BCUT2D eigenvalue weighted by molar-refractivity contribution is -0.137. The predicted molar refractivity (Wildman–Crippen MR) is 74.5 cm³/mol. The molecule has 0 spiro atoms. The number of aliphatic carboxylic acids is 1. The first kappa shape index (κ1) is 14.5. The van der Waals surface area contributed by atoms with E-state index in [4.69, 9.17) is 5.11 Å². The van der Waals surface area contributed by atoms with Crippen LogP contribution in [0.2, 0.25) is 0 Å². The molecule has 7 heteroatoms. The van der Waals surface area contributed by atoms with Crippen LogP contribution in [0.15, 0.2) is 0 Å². The number of piperazine rings is 1. The Morgan fingerprint density at radius 1 is 1.26 bits per heavy atom. The molecule has 0 bridgehead atoms. The second-order valence-corrected chi connectivity index (χ2v) is 6.13. The molecular weight excluding hydrogens is 266 g/mol. The fourth-order valence-corrected chi connectivity index (χ4v) is 3.49. The lowest BCUT2D eigenvalue weighted by Crippen LogP contribution is -2.53. The molecule has 1 atom stereocenters. The standard InChI is InChI=1S/C12H21N3O3S/c16-11(17)1-3-14-4-6-15(7-5-14)12(18)13-10-2-8-19-9-10/h10H,1-9H2,(H,13,18)(H,16,17). The van der Waals surface area contributed by atoms with Gasteiger partial charge in [0.05, 0.1) is 6.42 Å². The molecule has 1 unspecified atom stereocenters. The number of hydrogen-bond donors (Lipinski definition) is 2. The van der Waals surface area contributed by atoms with Crippen molar-refractivity contribution in [2.75, 3.05) is 44.2 Å². The zero-order valence-electron chi connectivity index (χ0n) is 11.0. The molecule has 108 valence electrons. The van der Waals surface area contributed by atoms with E-state index in [-0.39, 0.29) is 12.5 Å². The summed E-state index contributed by atoms with van der Waals surface area (Å²) < 4.78 is 0. The smallest absolute Gasteiger partial charge is 0.317 e. The molecule has 2 heterocycles. The summed E-state index contributed by atoms with van der Waals surface area (Å²) in [6.07, 6.45) is 1.24. The fourth-order valence-electron chi connectivity index (χ4n) is 2.34. The summed E-state index contributed by atoms with van der Waals surface area (Å²) >= 11 is 1.88. The van der Waals surface area contributed by atoms with Gasteiger partial charge in [0, 0.05) is 44.5 Å². The number of hydrogen-bond acceptors (Lipinski definition) is 4. The summed E-state index contributed by atoms with van der Waals surface area (Å²) in [5.74, 6) is 1.39. The van der Waals surface area contributed by atoms with Crippen molar-refractivity contribution in [3.8, 4) is 0 Å². The van der Waals surface area contributed by atoms with Gasteiger partial charge < -0.3 is 15.3 Å². The summed E-state index contributed by atoms with van der Waals surface area (Å²) in [4.78, 5) is 26.5. The summed E-state index contributed by atoms with van der Waals surface area (Å²) in [7, 11) is 0. The Labute approximate surface area is 117 Å². The Kier molecular flexibility index (Phi) is 5.33. The van der Waals surface area contributed by atoms with Gasteiger partial charge in [-0.2, -0.15) is 11.8 Å². The number of carbonyl (C=O) groups is 2. The molecule has 0 aromatic carbocycles. The van der Waals surface area contributed by atoms with Gasteiger partial charge in [-0.05, 0) is 12.2 Å². The van der Waals surface area contributed by atoms with Gasteiger partial charge in [0.1, 0.15) is 0 Å². The van der Waals surface area contributed by atoms with E-state index in [1.165, 1.54) is 0 Å². The quantitative estimate of drug-likeness (QED) is 0.778. The highest BCUT2D eigenvalue weighted by atomic mass is 32.2. The lowest BCUT2D eigenvalue weighted by atomic mass is 10.2. The number of carbonyl (C=O) groups excluding carboxylic acids is 1. The monoisotopic (exact) mass is 287 g/mol. The number of nitrogens with zero attached hydrogens (tertiary/aromatic N) is 2. The van der Waals surface area contributed by atoms with Crippen molar-refractivity contribution in [3.05, 3.63) is 0 Å². The van der Waals surface area contributed by atoms with Crippen molar-refractivity contribution in [2.24, 2.45) is 0 Å². The largest absolute Gasteiger partial charge is 0.481 e. The SMILES string of the molecule is O=C(O)CCN1CCN(C(=O)NC2CCSC2)CC1. The Hall–Kier alpha value is -0.950. The Bertz CT molecular complexity index is 326. The van der Waals surface area contributed by atoms with E-state index in [1.807, 2.05) is 16.7 Å². The number of rotatable bonds is 4. The average molecular weight is 287 g/mol. The number of carboxylic acid groups (broad SMARTS) is 1. The Morgan fingerprint density at radius 3 is 2.58 bits per heavy atom.